The summed E-state index contributed by atoms with van der Waals surface area (Å²) in [4.78, 5) is 25.6. The highest BCUT2D eigenvalue weighted by molar-refractivity contribution is 6.12. The normalized spacial score (nSPS) is 10.5. The minimum absolute atomic E-state index is 0.00494. The Morgan fingerprint density at radius 1 is 0.839 bits per heavy atom. The van der Waals surface area contributed by atoms with E-state index in [1.807, 2.05) is 20.8 Å². The van der Waals surface area contributed by atoms with Crippen LogP contribution in [0, 0.1) is 0 Å². The van der Waals surface area contributed by atoms with Gasteiger partial charge in [0.2, 0.25) is 0 Å². The van der Waals surface area contributed by atoms with Crippen LogP contribution in [-0.2, 0) is 0 Å². The molecule has 0 spiro atoms. The number of benzene rings is 3. The van der Waals surface area contributed by atoms with Crippen LogP contribution in [0.5, 0.6) is 11.5 Å². The number of hydrogen-bond donors (Lipinski definition) is 2. The number of nitrogens with one attached hydrogen (secondary N) is 2. The van der Waals surface area contributed by atoms with E-state index in [1.54, 1.807) is 72.8 Å². The number of para-hydroxylation sites is 1. The number of carbonyl (C=O) groups is 2. The molecule has 31 heavy (non-hydrogen) atoms. The van der Waals surface area contributed by atoms with Crippen LogP contribution in [0.25, 0.3) is 0 Å². The molecule has 0 unspecified atom stereocenters. The van der Waals surface area contributed by atoms with Crippen LogP contribution in [-0.4, -0.2) is 24.5 Å². The number of anilines is 2. The molecule has 0 aromatic heterocycles. The van der Waals surface area contributed by atoms with Crippen LogP contribution in [0.2, 0.25) is 0 Å². The Morgan fingerprint density at radius 2 is 1.58 bits per heavy atom. The zero-order chi connectivity index (χ0) is 22.2. The SMILES string of the molecule is CCOc1ccc(NC(=O)c2ccccc2NC(=O)c2cccc(OC(C)C)c2)cc1. The molecule has 0 fully saturated rings. The fourth-order valence-corrected chi connectivity index (χ4v) is 2.97. The molecule has 6 heteroatoms. The molecule has 3 aromatic carbocycles. The van der Waals surface area contributed by atoms with Crippen LogP contribution in [0.3, 0.4) is 0 Å². The largest absolute Gasteiger partial charge is 0.494 e. The van der Waals surface area contributed by atoms with E-state index in [2.05, 4.69) is 10.6 Å². The number of hydrogen-bond acceptors (Lipinski definition) is 4. The Bertz CT molecular complexity index is 1050. The predicted molar refractivity (Wildman–Crippen MR) is 122 cm³/mol. The summed E-state index contributed by atoms with van der Waals surface area (Å²) in [5, 5.41) is 5.67. The number of ether oxygens (including phenoxy) is 2. The second-order valence-electron chi connectivity index (χ2n) is 7.11. The highest BCUT2D eigenvalue weighted by Crippen LogP contribution is 2.21. The summed E-state index contributed by atoms with van der Waals surface area (Å²) < 4.78 is 11.1. The molecule has 6 nitrogen and oxygen atoms in total. The summed E-state index contributed by atoms with van der Waals surface area (Å²) in [6.45, 7) is 6.33. The molecule has 3 aromatic rings. The third kappa shape index (κ3) is 6.09. The van der Waals surface area contributed by atoms with E-state index in [9.17, 15) is 9.59 Å². The van der Waals surface area contributed by atoms with E-state index in [0.29, 0.717) is 34.9 Å². The molecule has 0 aliphatic heterocycles. The van der Waals surface area contributed by atoms with E-state index >= 15 is 0 Å². The third-order valence-electron chi connectivity index (χ3n) is 4.31. The molecule has 0 aliphatic carbocycles. The van der Waals surface area contributed by atoms with Crippen LogP contribution in [0.4, 0.5) is 11.4 Å². The summed E-state index contributed by atoms with van der Waals surface area (Å²) in [6, 6.07) is 20.9. The average Bonchev–Trinajstić information content (AvgIpc) is 2.75. The van der Waals surface area contributed by atoms with Crippen molar-refractivity contribution in [3.05, 3.63) is 83.9 Å². The first-order valence-electron chi connectivity index (χ1n) is 10.2. The van der Waals surface area contributed by atoms with Gasteiger partial charge in [-0.2, -0.15) is 0 Å². The molecule has 0 aliphatic rings. The lowest BCUT2D eigenvalue weighted by Gasteiger charge is -2.13. The lowest BCUT2D eigenvalue weighted by Crippen LogP contribution is -2.18. The molecular formula is C25H26N2O4. The summed E-state index contributed by atoms with van der Waals surface area (Å²) in [7, 11) is 0. The van der Waals surface area contributed by atoms with Gasteiger partial charge in [0.1, 0.15) is 11.5 Å². The lowest BCUT2D eigenvalue weighted by molar-refractivity contribution is 0.102. The van der Waals surface area contributed by atoms with Gasteiger partial charge in [0.05, 0.1) is 24.0 Å². The smallest absolute Gasteiger partial charge is 0.257 e. The molecule has 0 atom stereocenters. The zero-order valence-electron chi connectivity index (χ0n) is 17.8. The fraction of sp³-hybridized carbons (Fsp3) is 0.200. The van der Waals surface area contributed by atoms with Gasteiger partial charge >= 0.3 is 0 Å². The molecule has 2 N–H and O–H groups in total. The second-order valence-corrected chi connectivity index (χ2v) is 7.11. The monoisotopic (exact) mass is 418 g/mol. The lowest BCUT2D eigenvalue weighted by atomic mass is 10.1. The van der Waals surface area contributed by atoms with Gasteiger partial charge in [-0.1, -0.05) is 18.2 Å². The van der Waals surface area contributed by atoms with Crippen LogP contribution < -0.4 is 20.1 Å². The maximum absolute atomic E-state index is 12.8. The third-order valence-corrected chi connectivity index (χ3v) is 4.31. The zero-order valence-corrected chi connectivity index (χ0v) is 17.8. The summed E-state index contributed by atoms with van der Waals surface area (Å²) in [5.41, 5.74) is 1.86. The van der Waals surface area contributed by atoms with Crippen LogP contribution >= 0.6 is 0 Å². The Morgan fingerprint density at radius 3 is 2.29 bits per heavy atom. The Kier molecular flexibility index (Phi) is 7.27. The molecule has 2 amide bonds. The van der Waals surface area contributed by atoms with Crippen molar-refractivity contribution in [3.63, 3.8) is 0 Å². The van der Waals surface area contributed by atoms with Crippen molar-refractivity contribution in [1.29, 1.82) is 0 Å². The van der Waals surface area contributed by atoms with E-state index < -0.39 is 0 Å². The standard InChI is InChI=1S/C25H26N2O4/c1-4-30-20-14-12-19(13-15-20)26-25(29)22-10-5-6-11-23(22)27-24(28)18-8-7-9-21(16-18)31-17(2)3/h5-17H,4H2,1-3H3,(H,26,29)(H,27,28). The molecule has 0 saturated carbocycles. The van der Waals surface area contributed by atoms with Crippen molar-refractivity contribution in [2.24, 2.45) is 0 Å². The van der Waals surface area contributed by atoms with Gasteiger partial charge in [0.15, 0.2) is 0 Å². The minimum Gasteiger partial charge on any atom is -0.494 e. The fourth-order valence-electron chi connectivity index (χ4n) is 2.97. The van der Waals surface area contributed by atoms with Gasteiger partial charge in [-0.15, -0.1) is 0 Å². The van der Waals surface area contributed by atoms with Gasteiger partial charge < -0.3 is 20.1 Å². The summed E-state index contributed by atoms with van der Waals surface area (Å²) >= 11 is 0. The summed E-state index contributed by atoms with van der Waals surface area (Å²) in [6.07, 6.45) is 0.00494. The van der Waals surface area contributed by atoms with Crippen molar-refractivity contribution in [2.45, 2.75) is 26.9 Å². The van der Waals surface area contributed by atoms with Crippen molar-refractivity contribution >= 4 is 23.2 Å². The van der Waals surface area contributed by atoms with Crippen molar-refractivity contribution < 1.29 is 19.1 Å². The van der Waals surface area contributed by atoms with Crippen molar-refractivity contribution in [1.82, 2.24) is 0 Å². The number of rotatable bonds is 8. The van der Waals surface area contributed by atoms with E-state index in [1.165, 1.54) is 0 Å². The molecule has 160 valence electrons. The molecular weight excluding hydrogens is 392 g/mol. The Hall–Kier alpha value is -3.80. The molecule has 0 radical (unpaired) electrons. The quantitative estimate of drug-likeness (QED) is 0.515. The van der Waals surface area contributed by atoms with Crippen LogP contribution in [0.1, 0.15) is 41.5 Å². The van der Waals surface area contributed by atoms with Gasteiger partial charge in [-0.3, -0.25) is 9.59 Å². The van der Waals surface area contributed by atoms with Gasteiger partial charge in [0.25, 0.3) is 11.8 Å². The first kappa shape index (κ1) is 21.9. The van der Waals surface area contributed by atoms with E-state index in [4.69, 9.17) is 9.47 Å². The summed E-state index contributed by atoms with van der Waals surface area (Å²) in [5.74, 6) is 0.702. The number of amides is 2. The predicted octanol–water partition coefficient (Wildman–Crippen LogP) is 5.38. The topological polar surface area (TPSA) is 76.7 Å². The first-order valence-corrected chi connectivity index (χ1v) is 10.2. The highest BCUT2D eigenvalue weighted by atomic mass is 16.5. The maximum Gasteiger partial charge on any atom is 0.257 e. The first-order chi connectivity index (χ1) is 15.0. The Balaban J connectivity index is 1.74. The van der Waals surface area contributed by atoms with E-state index in [-0.39, 0.29) is 17.9 Å². The van der Waals surface area contributed by atoms with Crippen LogP contribution in [0.15, 0.2) is 72.8 Å². The number of carbonyl (C=O) groups excluding carboxylic acids is 2. The van der Waals surface area contributed by atoms with Crippen molar-refractivity contribution in [3.8, 4) is 11.5 Å². The molecule has 0 saturated heterocycles. The highest BCUT2D eigenvalue weighted by Gasteiger charge is 2.15. The van der Waals surface area contributed by atoms with Gasteiger partial charge in [0, 0.05) is 11.3 Å². The maximum atomic E-state index is 12.8. The van der Waals surface area contributed by atoms with Gasteiger partial charge in [-0.05, 0) is 75.4 Å². The van der Waals surface area contributed by atoms with Gasteiger partial charge in [-0.25, -0.2) is 0 Å². The molecule has 3 rings (SSSR count). The Labute approximate surface area is 182 Å². The molecule has 0 heterocycles. The average molecular weight is 418 g/mol. The second kappa shape index (κ2) is 10.3. The minimum atomic E-state index is -0.324. The molecule has 0 bridgehead atoms. The van der Waals surface area contributed by atoms with Crippen molar-refractivity contribution in [2.75, 3.05) is 17.2 Å². The van der Waals surface area contributed by atoms with E-state index in [0.717, 1.165) is 5.75 Å².